The summed E-state index contributed by atoms with van der Waals surface area (Å²) < 4.78 is 7.11. The number of hydrogen-bond acceptors (Lipinski definition) is 4. The largest absolute Gasteiger partial charge is 0.470 e. The Morgan fingerprint density at radius 1 is 1.21 bits per heavy atom. The minimum absolute atomic E-state index is 0.603. The van der Waals surface area contributed by atoms with Gasteiger partial charge in [0.05, 0.1) is 16.8 Å². The Kier molecular flexibility index (Phi) is 3.99. The van der Waals surface area contributed by atoms with Crippen molar-refractivity contribution in [2.75, 3.05) is 13.2 Å². The average Bonchev–Trinajstić information content (AvgIpc) is 2.88. The molecule has 0 aliphatic heterocycles. The summed E-state index contributed by atoms with van der Waals surface area (Å²) in [7, 11) is 0. The Morgan fingerprint density at radius 2 is 2.00 bits per heavy atom. The summed E-state index contributed by atoms with van der Waals surface area (Å²) in [5, 5.41) is 0.794. The first-order chi connectivity index (χ1) is 9.36. The van der Waals surface area contributed by atoms with Crippen LogP contribution in [0.25, 0.3) is 10.2 Å². The molecule has 19 heavy (non-hydrogen) atoms. The van der Waals surface area contributed by atoms with E-state index >= 15 is 0 Å². The highest BCUT2D eigenvalue weighted by Gasteiger charge is 2.24. The van der Waals surface area contributed by atoms with Gasteiger partial charge in [-0.25, -0.2) is 4.98 Å². The van der Waals surface area contributed by atoms with Crippen LogP contribution >= 0.6 is 11.3 Å². The third-order valence-electron chi connectivity index (χ3n) is 4.06. The molecule has 2 atom stereocenters. The van der Waals surface area contributed by atoms with Crippen molar-refractivity contribution in [3.63, 3.8) is 0 Å². The minimum atomic E-state index is 0.603. The van der Waals surface area contributed by atoms with Crippen LogP contribution in [0.3, 0.4) is 0 Å². The van der Waals surface area contributed by atoms with Crippen molar-refractivity contribution in [1.82, 2.24) is 4.98 Å². The minimum Gasteiger partial charge on any atom is -0.470 e. The summed E-state index contributed by atoms with van der Waals surface area (Å²) in [4.78, 5) is 4.51. The molecule has 1 aliphatic carbocycles. The third-order valence-corrected chi connectivity index (χ3v) is 5.01. The van der Waals surface area contributed by atoms with E-state index in [1.807, 2.05) is 18.2 Å². The molecule has 0 bridgehead atoms. The van der Waals surface area contributed by atoms with Gasteiger partial charge in [-0.05, 0) is 43.4 Å². The number of rotatable bonds is 4. The maximum absolute atomic E-state index is 5.91. The van der Waals surface area contributed by atoms with Crippen molar-refractivity contribution in [1.29, 1.82) is 0 Å². The number of nitrogens with two attached hydrogens (primary N) is 1. The number of thiazole rings is 1. The van der Waals surface area contributed by atoms with Gasteiger partial charge in [0.2, 0.25) is 0 Å². The van der Waals surface area contributed by atoms with Crippen LogP contribution in [0.15, 0.2) is 24.3 Å². The smallest absolute Gasteiger partial charge is 0.274 e. The summed E-state index contributed by atoms with van der Waals surface area (Å²) in [5.74, 6) is 1.23. The second-order valence-electron chi connectivity index (χ2n) is 5.30. The van der Waals surface area contributed by atoms with Gasteiger partial charge in [0.15, 0.2) is 0 Å². The highest BCUT2D eigenvalue weighted by molar-refractivity contribution is 7.20. The van der Waals surface area contributed by atoms with Gasteiger partial charge in [-0.1, -0.05) is 36.3 Å². The van der Waals surface area contributed by atoms with E-state index in [0.29, 0.717) is 11.8 Å². The fourth-order valence-corrected chi connectivity index (χ4v) is 3.73. The topological polar surface area (TPSA) is 48.1 Å². The van der Waals surface area contributed by atoms with E-state index in [9.17, 15) is 0 Å². The van der Waals surface area contributed by atoms with Crippen LogP contribution < -0.4 is 10.5 Å². The Labute approximate surface area is 117 Å². The van der Waals surface area contributed by atoms with Gasteiger partial charge in [-0.3, -0.25) is 0 Å². The van der Waals surface area contributed by atoms with Crippen LogP contribution in [0.4, 0.5) is 0 Å². The van der Waals surface area contributed by atoms with Gasteiger partial charge in [0.25, 0.3) is 5.19 Å². The molecule has 102 valence electrons. The Morgan fingerprint density at radius 3 is 2.79 bits per heavy atom. The molecular weight excluding hydrogens is 256 g/mol. The van der Waals surface area contributed by atoms with Crippen LogP contribution in [0.1, 0.15) is 25.7 Å². The molecule has 3 nitrogen and oxygen atoms in total. The SMILES string of the molecule is NCC1CCCCC1COc1nc2ccccc2s1. The molecule has 2 N–H and O–H groups in total. The molecule has 1 heterocycles. The van der Waals surface area contributed by atoms with Gasteiger partial charge in [0.1, 0.15) is 0 Å². The lowest BCUT2D eigenvalue weighted by atomic mass is 9.80. The summed E-state index contributed by atoms with van der Waals surface area (Å²) in [6.45, 7) is 1.55. The molecule has 4 heteroatoms. The van der Waals surface area contributed by atoms with E-state index in [1.165, 1.54) is 30.4 Å². The Balaban J connectivity index is 1.64. The molecule has 2 unspecified atom stereocenters. The lowest BCUT2D eigenvalue weighted by Crippen LogP contribution is -2.30. The molecule has 1 aromatic carbocycles. The molecule has 1 fully saturated rings. The quantitative estimate of drug-likeness (QED) is 0.930. The number of ether oxygens (including phenoxy) is 1. The maximum atomic E-state index is 5.91. The molecule has 0 amide bonds. The van der Waals surface area contributed by atoms with Crippen molar-refractivity contribution in [3.8, 4) is 5.19 Å². The van der Waals surface area contributed by atoms with Crippen LogP contribution in [0.2, 0.25) is 0 Å². The Bertz CT molecular complexity index is 507. The van der Waals surface area contributed by atoms with E-state index in [0.717, 1.165) is 23.9 Å². The number of nitrogens with zero attached hydrogens (tertiary/aromatic N) is 1. The van der Waals surface area contributed by atoms with Gasteiger partial charge in [-0.2, -0.15) is 0 Å². The Hall–Kier alpha value is -1.13. The molecular formula is C15H20N2OS. The van der Waals surface area contributed by atoms with Crippen LogP contribution in [-0.4, -0.2) is 18.1 Å². The van der Waals surface area contributed by atoms with Gasteiger partial charge in [0, 0.05) is 0 Å². The van der Waals surface area contributed by atoms with Crippen LogP contribution in [0.5, 0.6) is 5.19 Å². The van der Waals surface area contributed by atoms with E-state index in [2.05, 4.69) is 11.1 Å². The normalized spacial score (nSPS) is 23.6. The van der Waals surface area contributed by atoms with Crippen molar-refractivity contribution in [3.05, 3.63) is 24.3 Å². The van der Waals surface area contributed by atoms with Crippen molar-refractivity contribution in [2.24, 2.45) is 17.6 Å². The third kappa shape index (κ3) is 2.90. The first-order valence-electron chi connectivity index (χ1n) is 7.05. The van der Waals surface area contributed by atoms with E-state index in [4.69, 9.17) is 10.5 Å². The number of hydrogen-bond donors (Lipinski definition) is 1. The lowest BCUT2D eigenvalue weighted by Gasteiger charge is -2.29. The predicted octanol–water partition coefficient (Wildman–Crippen LogP) is 3.44. The monoisotopic (exact) mass is 276 g/mol. The fourth-order valence-electron chi connectivity index (χ4n) is 2.91. The summed E-state index contributed by atoms with van der Waals surface area (Å²) in [5.41, 5.74) is 6.88. The summed E-state index contributed by atoms with van der Waals surface area (Å²) in [6, 6.07) is 8.17. The molecule has 1 aromatic heterocycles. The second-order valence-corrected chi connectivity index (χ2v) is 6.29. The van der Waals surface area contributed by atoms with Crippen LogP contribution in [0, 0.1) is 11.8 Å². The van der Waals surface area contributed by atoms with Gasteiger partial charge >= 0.3 is 0 Å². The zero-order valence-electron chi connectivity index (χ0n) is 11.0. The van der Waals surface area contributed by atoms with E-state index in [-0.39, 0.29) is 0 Å². The van der Waals surface area contributed by atoms with Crippen LogP contribution in [-0.2, 0) is 0 Å². The van der Waals surface area contributed by atoms with Crippen molar-refractivity contribution in [2.45, 2.75) is 25.7 Å². The first kappa shape index (κ1) is 12.9. The number of para-hydroxylation sites is 1. The number of benzene rings is 1. The highest BCUT2D eigenvalue weighted by Crippen LogP contribution is 2.32. The summed E-state index contributed by atoms with van der Waals surface area (Å²) in [6.07, 6.45) is 5.13. The molecule has 0 saturated heterocycles. The highest BCUT2D eigenvalue weighted by atomic mass is 32.1. The molecule has 3 rings (SSSR count). The molecule has 0 spiro atoms. The standard InChI is InChI=1S/C15H20N2OS/c16-9-11-5-1-2-6-12(11)10-18-15-17-13-7-3-4-8-14(13)19-15/h3-4,7-8,11-12H,1-2,5-6,9-10,16H2. The molecule has 1 saturated carbocycles. The molecule has 0 radical (unpaired) electrons. The van der Waals surface area contributed by atoms with Gasteiger partial charge in [-0.15, -0.1) is 0 Å². The molecule has 1 aliphatic rings. The van der Waals surface area contributed by atoms with E-state index < -0.39 is 0 Å². The van der Waals surface area contributed by atoms with Crippen molar-refractivity contribution < 1.29 is 4.74 Å². The average molecular weight is 276 g/mol. The fraction of sp³-hybridized carbons (Fsp3) is 0.533. The zero-order valence-corrected chi connectivity index (χ0v) is 11.9. The van der Waals surface area contributed by atoms with Gasteiger partial charge < -0.3 is 10.5 Å². The predicted molar refractivity (Wildman–Crippen MR) is 79.6 cm³/mol. The zero-order chi connectivity index (χ0) is 13.1. The number of fused-ring (bicyclic) bond motifs is 1. The van der Waals surface area contributed by atoms with E-state index in [1.54, 1.807) is 11.3 Å². The second kappa shape index (κ2) is 5.88. The number of aromatic nitrogens is 1. The molecule has 2 aromatic rings. The maximum Gasteiger partial charge on any atom is 0.274 e. The first-order valence-corrected chi connectivity index (χ1v) is 7.87. The lowest BCUT2D eigenvalue weighted by molar-refractivity contribution is 0.153. The van der Waals surface area contributed by atoms with Crippen molar-refractivity contribution >= 4 is 21.6 Å². The summed E-state index contributed by atoms with van der Waals surface area (Å²) >= 11 is 1.63.